The summed E-state index contributed by atoms with van der Waals surface area (Å²) < 4.78 is 6.68. The number of fused-ring (bicyclic) bond motifs is 3. The van der Waals surface area contributed by atoms with Crippen molar-refractivity contribution in [2.45, 2.75) is 31.8 Å². The predicted octanol–water partition coefficient (Wildman–Crippen LogP) is 8.05. The van der Waals surface area contributed by atoms with Gasteiger partial charge in [-0.05, 0) is 70.0 Å². The van der Waals surface area contributed by atoms with Crippen molar-refractivity contribution < 1.29 is 4.74 Å². The van der Waals surface area contributed by atoms with Crippen molar-refractivity contribution in [3.8, 4) is 16.9 Å². The number of nitrogens with zero attached hydrogens (tertiary/aromatic N) is 1. The van der Waals surface area contributed by atoms with Crippen LogP contribution in [0.15, 0.2) is 97.2 Å². The molecule has 4 aromatic carbocycles. The van der Waals surface area contributed by atoms with E-state index in [1.807, 2.05) is 12.3 Å². The maximum atomic E-state index is 6.68. The number of aromatic nitrogens is 1. The van der Waals surface area contributed by atoms with E-state index in [2.05, 4.69) is 106 Å². The third-order valence-corrected chi connectivity index (χ3v) is 9.64. The third-order valence-electron chi connectivity index (χ3n) is 6.42. The molecule has 0 saturated heterocycles. The van der Waals surface area contributed by atoms with E-state index in [4.69, 9.17) is 9.72 Å². The third kappa shape index (κ3) is 3.33. The second-order valence-electron chi connectivity index (χ2n) is 9.61. The number of hydrogen-bond donors (Lipinski definition) is 0. The number of rotatable bonds is 2. The maximum Gasteiger partial charge on any atom is 0.163 e. The van der Waals surface area contributed by atoms with Gasteiger partial charge in [-0.2, -0.15) is 0 Å². The van der Waals surface area contributed by atoms with Crippen molar-refractivity contribution in [1.29, 1.82) is 0 Å². The van der Waals surface area contributed by atoms with E-state index in [0.717, 1.165) is 11.4 Å². The average molecular weight is 448 g/mol. The molecule has 5 aromatic rings. The van der Waals surface area contributed by atoms with Crippen molar-refractivity contribution in [3.05, 3.63) is 103 Å². The predicted molar refractivity (Wildman–Crippen MR) is 141 cm³/mol. The number of benzene rings is 4. The molecule has 0 fully saturated rings. The second-order valence-corrected chi connectivity index (χ2v) is 12.6. The van der Waals surface area contributed by atoms with E-state index >= 15 is 0 Å². The molecule has 6 rings (SSSR count). The first-order valence-corrected chi connectivity index (χ1v) is 12.8. The Balaban J connectivity index is 1.68. The molecule has 0 N–H and O–H groups in total. The van der Waals surface area contributed by atoms with Gasteiger partial charge in [0.25, 0.3) is 0 Å². The van der Waals surface area contributed by atoms with Crippen molar-refractivity contribution >= 4 is 34.8 Å². The van der Waals surface area contributed by atoms with E-state index in [-0.39, 0.29) is 11.0 Å². The van der Waals surface area contributed by atoms with Crippen LogP contribution in [0.3, 0.4) is 0 Å². The highest BCUT2D eigenvalue weighted by Crippen LogP contribution is 2.66. The van der Waals surface area contributed by atoms with Crippen LogP contribution in [0.1, 0.15) is 32.3 Å². The van der Waals surface area contributed by atoms with Gasteiger partial charge in [-0.1, -0.05) is 87.5 Å². The van der Waals surface area contributed by atoms with Crippen LogP contribution in [0.5, 0.6) is 5.75 Å². The fourth-order valence-electron chi connectivity index (χ4n) is 5.06. The smallest absolute Gasteiger partial charge is 0.163 e. The molecule has 1 aromatic heterocycles. The summed E-state index contributed by atoms with van der Waals surface area (Å²) in [7, 11) is -0.682. The molecule has 0 unspecified atom stereocenters. The largest absolute Gasteiger partial charge is 0.479 e. The molecule has 1 aliphatic heterocycles. The van der Waals surface area contributed by atoms with Crippen molar-refractivity contribution in [1.82, 2.24) is 4.98 Å². The van der Waals surface area contributed by atoms with Crippen LogP contribution < -0.4 is 10.0 Å². The molecular weight excluding hydrogens is 421 g/mol. The Kier molecular flexibility index (Phi) is 4.75. The van der Waals surface area contributed by atoms with Crippen LogP contribution in [0.4, 0.5) is 0 Å². The SMILES string of the molecule is CC(C)(C)[P@]1c2c(cccc2-c2c3ccccc3cc3ccccc23)O[C@H]1c1ccccn1. The summed E-state index contributed by atoms with van der Waals surface area (Å²) in [4.78, 5) is 4.70. The quantitative estimate of drug-likeness (QED) is 0.202. The topological polar surface area (TPSA) is 22.1 Å². The lowest BCUT2D eigenvalue weighted by Crippen LogP contribution is -2.21. The summed E-state index contributed by atoms with van der Waals surface area (Å²) in [6.45, 7) is 7.02. The van der Waals surface area contributed by atoms with Crippen LogP contribution in [0.2, 0.25) is 0 Å². The normalized spacial score (nSPS) is 17.8. The minimum atomic E-state index is -0.682. The van der Waals surface area contributed by atoms with Gasteiger partial charge in [0, 0.05) is 11.5 Å². The summed E-state index contributed by atoms with van der Waals surface area (Å²) in [5.74, 6) is 0.958. The van der Waals surface area contributed by atoms with Gasteiger partial charge in [0.2, 0.25) is 0 Å². The molecule has 1 aliphatic rings. The second kappa shape index (κ2) is 7.68. The van der Waals surface area contributed by atoms with E-state index < -0.39 is 7.92 Å². The highest BCUT2D eigenvalue weighted by atomic mass is 31.1. The summed E-state index contributed by atoms with van der Waals surface area (Å²) in [5, 5.41) is 6.52. The maximum absolute atomic E-state index is 6.68. The summed E-state index contributed by atoms with van der Waals surface area (Å²) >= 11 is 0. The Hall–Kier alpha value is -3.22. The van der Waals surface area contributed by atoms with Crippen molar-refractivity contribution in [3.63, 3.8) is 0 Å². The van der Waals surface area contributed by atoms with E-state index in [0.29, 0.717) is 0 Å². The average Bonchev–Trinajstić information content (AvgIpc) is 3.24. The minimum Gasteiger partial charge on any atom is -0.479 e. The molecule has 0 bridgehead atoms. The molecular formula is C30H26NOP. The van der Waals surface area contributed by atoms with Gasteiger partial charge in [-0.3, -0.25) is 4.98 Å². The first-order chi connectivity index (χ1) is 16.0. The van der Waals surface area contributed by atoms with Crippen molar-refractivity contribution in [2.75, 3.05) is 0 Å². The molecule has 0 amide bonds. The summed E-state index contributed by atoms with van der Waals surface area (Å²) in [6, 6.07) is 32.5. The molecule has 0 radical (unpaired) electrons. The zero-order valence-electron chi connectivity index (χ0n) is 19.1. The monoisotopic (exact) mass is 447 g/mol. The highest BCUT2D eigenvalue weighted by Gasteiger charge is 2.44. The van der Waals surface area contributed by atoms with Crippen molar-refractivity contribution in [2.24, 2.45) is 0 Å². The molecule has 33 heavy (non-hydrogen) atoms. The van der Waals surface area contributed by atoms with E-state index in [1.54, 1.807) is 0 Å². The number of ether oxygens (including phenoxy) is 1. The molecule has 162 valence electrons. The van der Waals surface area contributed by atoms with Crippen LogP contribution in [-0.4, -0.2) is 10.1 Å². The Morgan fingerprint density at radius 1 is 0.758 bits per heavy atom. The lowest BCUT2D eigenvalue weighted by atomic mass is 9.92. The molecule has 2 atom stereocenters. The molecule has 3 heteroatoms. The fourth-order valence-corrected chi connectivity index (χ4v) is 8.12. The summed E-state index contributed by atoms with van der Waals surface area (Å²) in [6.07, 6.45) is 1.87. The first-order valence-electron chi connectivity index (χ1n) is 11.4. The van der Waals surface area contributed by atoms with Gasteiger partial charge in [-0.15, -0.1) is 0 Å². The molecule has 0 saturated carbocycles. The fraction of sp³-hybridized carbons (Fsp3) is 0.167. The van der Waals surface area contributed by atoms with Gasteiger partial charge in [0.05, 0.1) is 5.69 Å². The van der Waals surface area contributed by atoms with Crippen LogP contribution in [-0.2, 0) is 0 Å². The summed E-state index contributed by atoms with van der Waals surface area (Å²) in [5.41, 5.74) is 3.62. The zero-order chi connectivity index (χ0) is 22.6. The molecule has 2 nitrogen and oxygen atoms in total. The Morgan fingerprint density at radius 2 is 1.42 bits per heavy atom. The Bertz CT molecular complexity index is 1430. The van der Waals surface area contributed by atoms with Crippen LogP contribution in [0.25, 0.3) is 32.7 Å². The lowest BCUT2D eigenvalue weighted by Gasteiger charge is -2.32. The number of pyridine rings is 1. The highest BCUT2D eigenvalue weighted by molar-refractivity contribution is 7.68. The molecule has 0 aliphatic carbocycles. The number of hydrogen-bond acceptors (Lipinski definition) is 2. The molecule has 2 heterocycles. The standard InChI is InChI=1S/C30H26NOP/c1-30(2,3)33-28-24(15-10-17-26(28)32-29(33)25-16-8-9-18-31-25)27-22-13-6-4-11-20(22)19-21-12-5-7-14-23(21)27/h4-19,29H,1-3H3/t29-,33-/m1/s1. The van der Waals surface area contributed by atoms with Crippen LogP contribution in [0, 0.1) is 0 Å². The van der Waals surface area contributed by atoms with Gasteiger partial charge in [0.15, 0.2) is 5.85 Å². The Labute approximate surface area is 196 Å². The zero-order valence-corrected chi connectivity index (χ0v) is 20.0. The van der Waals surface area contributed by atoms with Crippen LogP contribution >= 0.6 is 7.92 Å². The Morgan fingerprint density at radius 3 is 2.06 bits per heavy atom. The molecule has 0 spiro atoms. The van der Waals surface area contributed by atoms with Gasteiger partial charge in [-0.25, -0.2) is 0 Å². The van der Waals surface area contributed by atoms with Gasteiger partial charge >= 0.3 is 0 Å². The minimum absolute atomic E-state index is 0.0430. The lowest BCUT2D eigenvalue weighted by molar-refractivity contribution is 0.295. The van der Waals surface area contributed by atoms with Gasteiger partial charge in [0.1, 0.15) is 5.75 Å². The van der Waals surface area contributed by atoms with E-state index in [9.17, 15) is 0 Å². The first kappa shape index (κ1) is 20.4. The van der Waals surface area contributed by atoms with Gasteiger partial charge < -0.3 is 4.74 Å². The van der Waals surface area contributed by atoms with E-state index in [1.165, 1.54) is 38.0 Å².